The lowest BCUT2D eigenvalue weighted by molar-refractivity contribution is -0.124. The highest BCUT2D eigenvalue weighted by atomic mass is 16.5. The Morgan fingerprint density at radius 1 is 1.00 bits per heavy atom. The van der Waals surface area contributed by atoms with Crippen molar-refractivity contribution in [2.75, 3.05) is 13.7 Å². The van der Waals surface area contributed by atoms with Gasteiger partial charge in [-0.3, -0.25) is 0 Å². The second kappa shape index (κ2) is 7.64. The third kappa shape index (κ3) is 3.46. The van der Waals surface area contributed by atoms with E-state index in [9.17, 15) is 5.11 Å². The molecule has 4 saturated carbocycles. The van der Waals surface area contributed by atoms with Crippen molar-refractivity contribution in [2.45, 2.75) is 83.3 Å². The van der Waals surface area contributed by atoms with E-state index in [1.807, 2.05) is 4.80 Å². The molecule has 8 atom stereocenters. The van der Waals surface area contributed by atoms with Crippen molar-refractivity contribution in [3.05, 3.63) is 12.4 Å². The smallest absolute Gasteiger partial charge is 0.0882 e. The van der Waals surface area contributed by atoms with Gasteiger partial charge in [0.25, 0.3) is 0 Å². The van der Waals surface area contributed by atoms with Crippen LogP contribution in [-0.4, -0.2) is 39.4 Å². The van der Waals surface area contributed by atoms with Crippen LogP contribution in [0.1, 0.15) is 71.1 Å². The van der Waals surface area contributed by atoms with Gasteiger partial charge in [0.1, 0.15) is 0 Å². The molecule has 5 rings (SSSR count). The molecule has 4 fully saturated rings. The number of methoxy groups -OCH3 is 1. The first-order valence-electron chi connectivity index (χ1n) is 12.1. The molecule has 0 spiro atoms. The van der Waals surface area contributed by atoms with E-state index < -0.39 is 5.60 Å². The summed E-state index contributed by atoms with van der Waals surface area (Å²) in [5, 5.41) is 19.6. The first-order valence-corrected chi connectivity index (χ1v) is 12.1. The molecule has 0 bridgehead atoms. The number of nitrogens with zero attached hydrogens (tertiary/aromatic N) is 3. The Bertz CT molecular complexity index is 694. The second-order valence-electron chi connectivity index (χ2n) is 11.1. The fraction of sp³-hybridized carbons (Fsp3) is 0.917. The van der Waals surface area contributed by atoms with Crippen LogP contribution in [0.5, 0.6) is 0 Å². The van der Waals surface area contributed by atoms with E-state index in [1.165, 1.54) is 51.4 Å². The highest BCUT2D eigenvalue weighted by Crippen LogP contribution is 2.65. The third-order valence-electron chi connectivity index (χ3n) is 9.86. The quantitative estimate of drug-likeness (QED) is 0.798. The van der Waals surface area contributed by atoms with E-state index in [0.717, 1.165) is 54.9 Å². The van der Waals surface area contributed by atoms with E-state index in [2.05, 4.69) is 17.1 Å². The van der Waals surface area contributed by atoms with Gasteiger partial charge in [-0.05, 0) is 105 Å². The standard InChI is InChI=1S/C24H39N3O2/c1-23-10-7-20-19-8-11-24(28,16-29-2)15-17(19)3-5-21(20)22(23)6-4-18(23)9-14-27-25-12-13-26-27/h12-13,17-22,28H,3-11,14-16H2,1-2H3/t17-,18-,19+,20-,21-,22+,23-,24-/m1/s1. The van der Waals surface area contributed by atoms with E-state index in [1.54, 1.807) is 19.5 Å². The van der Waals surface area contributed by atoms with E-state index in [0.29, 0.717) is 12.0 Å². The number of rotatable bonds is 5. The summed E-state index contributed by atoms with van der Waals surface area (Å²) in [4.78, 5) is 1.87. The summed E-state index contributed by atoms with van der Waals surface area (Å²) in [6, 6.07) is 0. The number of aromatic nitrogens is 3. The maximum atomic E-state index is 10.9. The molecule has 5 nitrogen and oxygen atoms in total. The number of ether oxygens (including phenoxy) is 1. The summed E-state index contributed by atoms with van der Waals surface area (Å²) in [6.07, 6.45) is 16.3. The molecule has 29 heavy (non-hydrogen) atoms. The van der Waals surface area contributed by atoms with Crippen LogP contribution in [0.25, 0.3) is 0 Å². The average molecular weight is 402 g/mol. The molecule has 0 aliphatic heterocycles. The van der Waals surface area contributed by atoms with Gasteiger partial charge >= 0.3 is 0 Å². The monoisotopic (exact) mass is 401 g/mol. The molecule has 0 aromatic carbocycles. The van der Waals surface area contributed by atoms with Gasteiger partial charge in [0, 0.05) is 7.11 Å². The van der Waals surface area contributed by atoms with Gasteiger partial charge in [-0.15, -0.1) is 0 Å². The number of aliphatic hydroxyl groups is 1. The maximum Gasteiger partial charge on any atom is 0.0882 e. The van der Waals surface area contributed by atoms with Gasteiger partial charge in [-0.2, -0.15) is 15.0 Å². The van der Waals surface area contributed by atoms with E-state index >= 15 is 0 Å². The van der Waals surface area contributed by atoms with Crippen LogP contribution in [-0.2, 0) is 11.3 Å². The summed E-state index contributed by atoms with van der Waals surface area (Å²) in [5.74, 6) is 5.15. The highest BCUT2D eigenvalue weighted by molar-refractivity contribution is 5.07. The lowest BCUT2D eigenvalue weighted by Crippen LogP contribution is -2.51. The SMILES string of the molecule is COC[C@@]1(O)CC[C@H]2[C@H](CC[C@@H]3[C@@H]2CC[C@]2(C)[C@@H](CCn4nccn4)CC[C@@H]32)C1. The minimum absolute atomic E-state index is 0.512. The van der Waals surface area contributed by atoms with Crippen molar-refractivity contribution in [3.63, 3.8) is 0 Å². The van der Waals surface area contributed by atoms with Crippen molar-refractivity contribution in [1.82, 2.24) is 15.0 Å². The first kappa shape index (κ1) is 20.0. The summed E-state index contributed by atoms with van der Waals surface area (Å²) >= 11 is 0. The van der Waals surface area contributed by atoms with Crippen LogP contribution in [0.3, 0.4) is 0 Å². The molecule has 0 amide bonds. The molecule has 0 saturated heterocycles. The summed E-state index contributed by atoms with van der Waals surface area (Å²) in [7, 11) is 1.72. The summed E-state index contributed by atoms with van der Waals surface area (Å²) in [6.45, 7) is 4.10. The van der Waals surface area contributed by atoms with Crippen LogP contribution in [0, 0.1) is 40.9 Å². The molecule has 4 aliphatic carbocycles. The topological polar surface area (TPSA) is 60.2 Å². The normalized spacial score (nSPS) is 46.7. The van der Waals surface area contributed by atoms with Crippen LogP contribution >= 0.6 is 0 Å². The Hall–Kier alpha value is -0.940. The van der Waals surface area contributed by atoms with Crippen LogP contribution in [0.4, 0.5) is 0 Å². The molecular weight excluding hydrogens is 362 g/mol. The van der Waals surface area contributed by atoms with Gasteiger partial charge in [-0.1, -0.05) is 6.92 Å². The van der Waals surface area contributed by atoms with E-state index in [4.69, 9.17) is 4.74 Å². The minimum Gasteiger partial charge on any atom is -0.387 e. The van der Waals surface area contributed by atoms with Crippen molar-refractivity contribution in [3.8, 4) is 0 Å². The Balaban J connectivity index is 1.26. The zero-order chi connectivity index (χ0) is 20.1. The summed E-state index contributed by atoms with van der Waals surface area (Å²) < 4.78 is 5.34. The zero-order valence-corrected chi connectivity index (χ0v) is 18.3. The fourth-order valence-electron chi connectivity index (χ4n) is 8.58. The van der Waals surface area contributed by atoms with Crippen LogP contribution in [0.15, 0.2) is 12.4 Å². The minimum atomic E-state index is -0.565. The Morgan fingerprint density at radius 2 is 1.79 bits per heavy atom. The molecule has 1 aromatic heterocycles. The molecule has 4 aliphatic rings. The largest absolute Gasteiger partial charge is 0.387 e. The number of hydrogen-bond donors (Lipinski definition) is 1. The number of fused-ring (bicyclic) bond motifs is 5. The third-order valence-corrected chi connectivity index (χ3v) is 9.86. The Kier molecular flexibility index (Phi) is 5.26. The highest BCUT2D eigenvalue weighted by Gasteiger charge is 2.57. The van der Waals surface area contributed by atoms with Crippen molar-refractivity contribution in [2.24, 2.45) is 40.9 Å². The number of aryl methyl sites for hydroxylation is 1. The van der Waals surface area contributed by atoms with Gasteiger partial charge in [0.05, 0.1) is 31.1 Å². The van der Waals surface area contributed by atoms with Gasteiger partial charge in [0.2, 0.25) is 0 Å². The molecular formula is C24H39N3O2. The van der Waals surface area contributed by atoms with Crippen molar-refractivity contribution in [1.29, 1.82) is 0 Å². The van der Waals surface area contributed by atoms with Crippen LogP contribution < -0.4 is 0 Å². The fourth-order valence-corrected chi connectivity index (χ4v) is 8.58. The molecule has 5 heteroatoms. The van der Waals surface area contributed by atoms with E-state index in [-0.39, 0.29) is 0 Å². The average Bonchev–Trinajstić information content (AvgIpc) is 3.33. The molecule has 0 radical (unpaired) electrons. The molecule has 1 aromatic rings. The zero-order valence-electron chi connectivity index (χ0n) is 18.3. The number of hydrogen-bond acceptors (Lipinski definition) is 4. The van der Waals surface area contributed by atoms with Gasteiger partial charge in [-0.25, -0.2) is 0 Å². The predicted octanol–water partition coefficient (Wildman–Crippen LogP) is 4.31. The summed E-state index contributed by atoms with van der Waals surface area (Å²) in [5.41, 5.74) is -0.0441. The molecule has 1 heterocycles. The van der Waals surface area contributed by atoms with Crippen LogP contribution in [0.2, 0.25) is 0 Å². The molecule has 162 valence electrons. The maximum absolute atomic E-state index is 10.9. The van der Waals surface area contributed by atoms with Gasteiger partial charge < -0.3 is 9.84 Å². The lowest BCUT2D eigenvalue weighted by Gasteiger charge is -2.57. The molecule has 0 unspecified atom stereocenters. The van der Waals surface area contributed by atoms with Gasteiger partial charge in [0.15, 0.2) is 0 Å². The Labute approximate surface area is 175 Å². The first-order chi connectivity index (χ1) is 14.0. The van der Waals surface area contributed by atoms with Crippen molar-refractivity contribution < 1.29 is 9.84 Å². The predicted molar refractivity (Wildman–Crippen MR) is 112 cm³/mol. The lowest BCUT2D eigenvalue weighted by atomic mass is 9.49. The Morgan fingerprint density at radius 3 is 2.59 bits per heavy atom. The second-order valence-corrected chi connectivity index (χ2v) is 11.1. The molecule has 1 N–H and O–H groups in total. The van der Waals surface area contributed by atoms with Crippen molar-refractivity contribution >= 4 is 0 Å².